The molecule has 1 aromatic heterocycles. The van der Waals surface area contributed by atoms with Crippen molar-refractivity contribution in [1.29, 1.82) is 0 Å². The number of phenolic OH excluding ortho intramolecular Hbond substituents is 1. The first kappa shape index (κ1) is 18.2. The molecule has 0 radical (unpaired) electrons. The summed E-state index contributed by atoms with van der Waals surface area (Å²) in [5.74, 6) is 0.257. The van der Waals surface area contributed by atoms with Crippen molar-refractivity contribution in [2.75, 3.05) is 13.4 Å². The Hall–Kier alpha value is -2.60. The van der Waals surface area contributed by atoms with Crippen LogP contribution >= 0.6 is 11.8 Å². The zero-order valence-electron chi connectivity index (χ0n) is 14.8. The zero-order chi connectivity index (χ0) is 18.8. The minimum Gasteiger partial charge on any atom is -0.504 e. The van der Waals surface area contributed by atoms with Gasteiger partial charge in [0.2, 0.25) is 0 Å². The predicted octanol–water partition coefficient (Wildman–Crippen LogP) is 5.11. The number of ether oxygens (including phenoxy) is 1. The smallest absolute Gasteiger partial charge is 0.303 e. The summed E-state index contributed by atoms with van der Waals surface area (Å²) < 4.78 is 11.2. The Morgan fingerprint density at radius 2 is 2.04 bits per heavy atom. The van der Waals surface area contributed by atoms with Gasteiger partial charge in [0.1, 0.15) is 11.3 Å². The van der Waals surface area contributed by atoms with Crippen molar-refractivity contribution in [2.45, 2.75) is 24.2 Å². The van der Waals surface area contributed by atoms with E-state index in [0.717, 1.165) is 27.0 Å². The number of benzene rings is 2. The lowest BCUT2D eigenvalue weighted by molar-refractivity contribution is -0.137. The van der Waals surface area contributed by atoms with Gasteiger partial charge in [0, 0.05) is 10.9 Å². The Kier molecular flexibility index (Phi) is 5.13. The number of hydrogen-bond acceptors (Lipinski definition) is 5. The molecule has 0 bridgehead atoms. The van der Waals surface area contributed by atoms with Crippen molar-refractivity contribution in [3.05, 3.63) is 42.0 Å². The van der Waals surface area contributed by atoms with E-state index in [1.165, 1.54) is 7.11 Å². The van der Waals surface area contributed by atoms with Crippen molar-refractivity contribution in [3.63, 3.8) is 0 Å². The topological polar surface area (TPSA) is 79.9 Å². The normalized spacial score (nSPS) is 12.3. The third-order valence-electron chi connectivity index (χ3n) is 4.36. The van der Waals surface area contributed by atoms with Crippen molar-refractivity contribution in [1.82, 2.24) is 0 Å². The van der Waals surface area contributed by atoms with E-state index in [0.29, 0.717) is 11.5 Å². The van der Waals surface area contributed by atoms with Gasteiger partial charge in [-0.3, -0.25) is 4.79 Å². The Bertz CT molecular complexity index is 960. The van der Waals surface area contributed by atoms with Crippen molar-refractivity contribution in [2.24, 2.45) is 0 Å². The monoisotopic (exact) mass is 372 g/mol. The Balaban J connectivity index is 2.11. The van der Waals surface area contributed by atoms with E-state index in [9.17, 15) is 9.90 Å². The summed E-state index contributed by atoms with van der Waals surface area (Å²) in [7, 11) is 1.50. The van der Waals surface area contributed by atoms with Crippen LogP contribution in [0.1, 0.15) is 24.8 Å². The molecule has 0 fully saturated rings. The molecule has 0 spiro atoms. The maximum atomic E-state index is 11.0. The van der Waals surface area contributed by atoms with Gasteiger partial charge in [-0.1, -0.05) is 13.0 Å². The van der Waals surface area contributed by atoms with Gasteiger partial charge in [0.15, 0.2) is 11.5 Å². The number of carboxylic acid groups (broad SMARTS) is 1. The highest BCUT2D eigenvalue weighted by Gasteiger charge is 2.19. The number of carboxylic acids is 1. The number of carbonyl (C=O) groups is 1. The van der Waals surface area contributed by atoms with Crippen LogP contribution in [-0.4, -0.2) is 29.5 Å². The second-order valence-corrected chi connectivity index (χ2v) is 6.92. The van der Waals surface area contributed by atoms with Gasteiger partial charge in [0.25, 0.3) is 0 Å². The van der Waals surface area contributed by atoms with Crippen LogP contribution in [0.5, 0.6) is 11.5 Å². The molecular formula is C20H20O5S. The standard InChI is InChI=1S/C20H20O5S/c1-11(8-18(22)23)12-5-7-16-14(9-12)20(26-3)19(25-16)13-4-6-15(21)17(10-13)24-2/h4-7,9-11,21H,8H2,1-3H3,(H,22,23). The first-order valence-electron chi connectivity index (χ1n) is 8.14. The first-order valence-corrected chi connectivity index (χ1v) is 9.36. The maximum Gasteiger partial charge on any atom is 0.303 e. The van der Waals surface area contributed by atoms with E-state index in [1.807, 2.05) is 31.4 Å². The second-order valence-electron chi connectivity index (χ2n) is 6.11. The molecular weight excluding hydrogens is 352 g/mol. The molecule has 3 rings (SSSR count). The van der Waals surface area contributed by atoms with Crippen LogP contribution in [0.2, 0.25) is 0 Å². The van der Waals surface area contributed by atoms with Crippen molar-refractivity contribution >= 4 is 28.7 Å². The molecule has 26 heavy (non-hydrogen) atoms. The van der Waals surface area contributed by atoms with Crippen LogP contribution in [0, 0.1) is 0 Å². The SMILES string of the molecule is COc1cc(-c2oc3ccc(C(C)CC(=O)O)cc3c2SC)ccc1O. The Morgan fingerprint density at radius 3 is 2.69 bits per heavy atom. The molecule has 0 aliphatic heterocycles. The van der Waals surface area contributed by atoms with Crippen LogP contribution in [0.4, 0.5) is 0 Å². The summed E-state index contributed by atoms with van der Waals surface area (Å²) in [5, 5.41) is 19.8. The third-order valence-corrected chi connectivity index (χ3v) is 5.18. The molecule has 6 heteroatoms. The van der Waals surface area contributed by atoms with E-state index in [-0.39, 0.29) is 18.1 Å². The lowest BCUT2D eigenvalue weighted by Gasteiger charge is -2.09. The van der Waals surface area contributed by atoms with Crippen LogP contribution < -0.4 is 4.74 Å². The molecule has 0 aliphatic rings. The lowest BCUT2D eigenvalue weighted by atomic mass is 9.97. The highest BCUT2D eigenvalue weighted by atomic mass is 32.2. The predicted molar refractivity (Wildman–Crippen MR) is 102 cm³/mol. The van der Waals surface area contributed by atoms with Gasteiger partial charge in [0.05, 0.1) is 18.4 Å². The van der Waals surface area contributed by atoms with Crippen LogP contribution in [0.3, 0.4) is 0 Å². The van der Waals surface area contributed by atoms with Gasteiger partial charge in [-0.2, -0.15) is 0 Å². The molecule has 136 valence electrons. The fourth-order valence-corrected chi connectivity index (χ4v) is 3.71. The van der Waals surface area contributed by atoms with E-state index in [4.69, 9.17) is 14.3 Å². The maximum absolute atomic E-state index is 11.0. The summed E-state index contributed by atoms with van der Waals surface area (Å²) in [5.41, 5.74) is 2.51. The number of hydrogen-bond donors (Lipinski definition) is 2. The van der Waals surface area contributed by atoms with Gasteiger partial charge in [-0.15, -0.1) is 11.8 Å². The largest absolute Gasteiger partial charge is 0.504 e. The van der Waals surface area contributed by atoms with Crippen molar-refractivity contribution in [3.8, 4) is 22.8 Å². The highest BCUT2D eigenvalue weighted by Crippen LogP contribution is 2.42. The average Bonchev–Trinajstić information content (AvgIpc) is 2.99. The number of aliphatic carboxylic acids is 1. The molecule has 5 nitrogen and oxygen atoms in total. The van der Waals surface area contributed by atoms with Crippen LogP contribution in [-0.2, 0) is 4.79 Å². The quantitative estimate of drug-likeness (QED) is 0.585. The summed E-state index contributed by atoms with van der Waals surface area (Å²) in [6, 6.07) is 10.9. The molecule has 0 saturated carbocycles. The molecule has 3 aromatic rings. The number of methoxy groups -OCH3 is 1. The first-order chi connectivity index (χ1) is 12.4. The van der Waals surface area contributed by atoms with Gasteiger partial charge >= 0.3 is 5.97 Å². The second kappa shape index (κ2) is 7.33. The summed E-state index contributed by atoms with van der Waals surface area (Å²) in [6.45, 7) is 1.90. The Morgan fingerprint density at radius 1 is 1.27 bits per heavy atom. The molecule has 1 atom stereocenters. The molecule has 2 aromatic carbocycles. The molecule has 2 N–H and O–H groups in total. The highest BCUT2D eigenvalue weighted by molar-refractivity contribution is 7.99. The molecule has 0 amide bonds. The summed E-state index contributed by atoms with van der Waals surface area (Å²) >= 11 is 1.57. The van der Waals surface area contributed by atoms with Crippen LogP contribution in [0.15, 0.2) is 45.7 Å². The molecule has 1 unspecified atom stereocenters. The number of phenols is 1. The number of furan rings is 1. The number of fused-ring (bicyclic) bond motifs is 1. The number of aromatic hydroxyl groups is 1. The van der Waals surface area contributed by atoms with Crippen molar-refractivity contribution < 1.29 is 24.2 Å². The minimum absolute atomic E-state index is 0.0721. The molecule has 0 saturated heterocycles. The van der Waals surface area contributed by atoms with E-state index < -0.39 is 5.97 Å². The fraction of sp³-hybridized carbons (Fsp3) is 0.250. The molecule has 0 aliphatic carbocycles. The minimum atomic E-state index is -0.813. The van der Waals surface area contributed by atoms with E-state index in [1.54, 1.807) is 30.0 Å². The number of thioether (sulfide) groups is 1. The van der Waals surface area contributed by atoms with E-state index in [2.05, 4.69) is 0 Å². The summed E-state index contributed by atoms with van der Waals surface area (Å²) in [4.78, 5) is 12.0. The number of rotatable bonds is 6. The zero-order valence-corrected chi connectivity index (χ0v) is 15.6. The van der Waals surface area contributed by atoms with E-state index >= 15 is 0 Å². The fourth-order valence-electron chi connectivity index (χ4n) is 2.99. The average molecular weight is 372 g/mol. The lowest BCUT2D eigenvalue weighted by Crippen LogP contribution is -2.02. The van der Waals surface area contributed by atoms with Crippen LogP contribution in [0.25, 0.3) is 22.3 Å². The third kappa shape index (κ3) is 3.37. The van der Waals surface area contributed by atoms with Gasteiger partial charge < -0.3 is 19.4 Å². The molecule has 1 heterocycles. The Labute approximate surface area is 155 Å². The van der Waals surface area contributed by atoms with Gasteiger partial charge in [-0.05, 0) is 48.1 Å². The van der Waals surface area contributed by atoms with Gasteiger partial charge in [-0.25, -0.2) is 0 Å². The summed E-state index contributed by atoms with van der Waals surface area (Å²) in [6.07, 6.45) is 2.05.